The minimum Gasteiger partial charge on any atom is -0.373 e. The number of nitrogens with one attached hydrogen (secondary N) is 2. The van der Waals surface area contributed by atoms with Crippen molar-refractivity contribution in [3.05, 3.63) is 52.1 Å². The van der Waals surface area contributed by atoms with Gasteiger partial charge in [-0.25, -0.2) is 4.98 Å². The molecule has 0 saturated carbocycles. The smallest absolute Gasteiger partial charge is 0.257 e. The molecule has 1 aromatic heterocycles. The monoisotopic (exact) mass is 330 g/mol. The molecule has 2 aromatic rings. The molecule has 0 aliphatic rings. The van der Waals surface area contributed by atoms with Crippen molar-refractivity contribution >= 4 is 33.3 Å². The van der Waals surface area contributed by atoms with Gasteiger partial charge in [0.25, 0.3) is 5.91 Å². The molecule has 2 rings (SSSR count). The minimum atomic E-state index is -0.307. The molecule has 0 fully saturated rings. The molecule has 100 valence electrons. The number of amides is 1. The second kappa shape index (κ2) is 6.17. The van der Waals surface area contributed by atoms with Crippen LogP contribution in [0.15, 0.2) is 41.0 Å². The van der Waals surface area contributed by atoms with E-state index in [0.29, 0.717) is 22.6 Å². The number of nitrogens with zero attached hydrogens (tertiary/aromatic N) is 2. The molecular weight excluding hydrogens is 320 g/mol. The van der Waals surface area contributed by atoms with Crippen LogP contribution in [0.2, 0.25) is 0 Å². The summed E-state index contributed by atoms with van der Waals surface area (Å²) in [6.45, 7) is 0. The van der Waals surface area contributed by atoms with E-state index in [2.05, 4.69) is 31.5 Å². The van der Waals surface area contributed by atoms with Gasteiger partial charge in [0.05, 0.1) is 16.8 Å². The van der Waals surface area contributed by atoms with Crippen molar-refractivity contribution in [2.75, 3.05) is 17.7 Å². The fourth-order valence-electron chi connectivity index (χ4n) is 1.59. The number of hydrogen-bond donors (Lipinski definition) is 2. The molecule has 6 heteroatoms. The van der Waals surface area contributed by atoms with Gasteiger partial charge in [0, 0.05) is 17.7 Å². The predicted molar refractivity (Wildman–Crippen MR) is 80.6 cm³/mol. The first kappa shape index (κ1) is 14.0. The van der Waals surface area contributed by atoms with Crippen LogP contribution < -0.4 is 10.6 Å². The highest BCUT2D eigenvalue weighted by molar-refractivity contribution is 9.10. The van der Waals surface area contributed by atoms with Crippen LogP contribution in [0.25, 0.3) is 0 Å². The molecule has 5 nitrogen and oxygen atoms in total. The number of carbonyl (C=O) groups is 1. The van der Waals surface area contributed by atoms with Crippen molar-refractivity contribution in [1.82, 2.24) is 4.98 Å². The van der Waals surface area contributed by atoms with Crippen LogP contribution in [-0.2, 0) is 0 Å². The normalized spacial score (nSPS) is 9.65. The van der Waals surface area contributed by atoms with E-state index in [1.807, 2.05) is 6.07 Å². The molecule has 0 spiro atoms. The molecule has 0 atom stereocenters. The van der Waals surface area contributed by atoms with E-state index in [9.17, 15) is 4.79 Å². The Balaban J connectivity index is 2.21. The van der Waals surface area contributed by atoms with E-state index >= 15 is 0 Å². The lowest BCUT2D eigenvalue weighted by Crippen LogP contribution is -2.13. The zero-order valence-corrected chi connectivity index (χ0v) is 12.2. The average Bonchev–Trinajstić information content (AvgIpc) is 2.49. The van der Waals surface area contributed by atoms with Crippen molar-refractivity contribution in [1.29, 1.82) is 5.26 Å². The van der Waals surface area contributed by atoms with Gasteiger partial charge in [-0.15, -0.1) is 0 Å². The summed E-state index contributed by atoms with van der Waals surface area (Å²) in [4.78, 5) is 16.1. The number of nitriles is 1. The van der Waals surface area contributed by atoms with Crippen LogP contribution >= 0.6 is 15.9 Å². The third-order valence-corrected chi connectivity index (χ3v) is 3.13. The molecule has 0 bridgehead atoms. The van der Waals surface area contributed by atoms with Gasteiger partial charge in [-0.3, -0.25) is 4.79 Å². The number of pyridine rings is 1. The summed E-state index contributed by atoms with van der Waals surface area (Å²) in [6.07, 6.45) is 1.48. The van der Waals surface area contributed by atoms with Crippen LogP contribution in [0, 0.1) is 11.3 Å². The summed E-state index contributed by atoms with van der Waals surface area (Å²) in [7, 11) is 1.75. The van der Waals surface area contributed by atoms with Crippen LogP contribution in [-0.4, -0.2) is 17.9 Å². The van der Waals surface area contributed by atoms with Crippen molar-refractivity contribution in [3.63, 3.8) is 0 Å². The zero-order chi connectivity index (χ0) is 14.5. The summed E-state index contributed by atoms with van der Waals surface area (Å²) in [5.74, 6) is 0.377. The Morgan fingerprint density at radius 3 is 2.75 bits per heavy atom. The maximum Gasteiger partial charge on any atom is 0.257 e. The number of anilines is 2. The quantitative estimate of drug-likeness (QED) is 0.906. The summed E-state index contributed by atoms with van der Waals surface area (Å²) in [6, 6.07) is 10.5. The van der Waals surface area contributed by atoms with E-state index in [4.69, 9.17) is 5.26 Å². The summed E-state index contributed by atoms with van der Waals surface area (Å²) < 4.78 is 0.784. The molecule has 0 radical (unpaired) electrons. The SMILES string of the molecule is CNc1ccc(C(=O)Nc2ccc(Br)cc2C#N)cn1. The van der Waals surface area contributed by atoms with Crippen LogP contribution in [0.4, 0.5) is 11.5 Å². The number of carbonyl (C=O) groups excluding carboxylic acids is 1. The molecule has 20 heavy (non-hydrogen) atoms. The van der Waals surface area contributed by atoms with Crippen molar-refractivity contribution in [2.24, 2.45) is 0 Å². The van der Waals surface area contributed by atoms with Gasteiger partial charge >= 0.3 is 0 Å². The van der Waals surface area contributed by atoms with E-state index in [1.54, 1.807) is 37.4 Å². The first-order chi connectivity index (χ1) is 9.63. The van der Waals surface area contributed by atoms with Gasteiger partial charge in [-0.2, -0.15) is 5.26 Å². The minimum absolute atomic E-state index is 0.307. The van der Waals surface area contributed by atoms with E-state index in [0.717, 1.165) is 4.47 Å². The molecule has 0 aliphatic carbocycles. The average molecular weight is 331 g/mol. The number of benzene rings is 1. The van der Waals surface area contributed by atoms with E-state index in [1.165, 1.54) is 6.20 Å². The third-order valence-electron chi connectivity index (χ3n) is 2.63. The lowest BCUT2D eigenvalue weighted by molar-refractivity contribution is 0.102. The summed E-state index contributed by atoms with van der Waals surface area (Å²) in [5.41, 5.74) is 1.29. The highest BCUT2D eigenvalue weighted by Gasteiger charge is 2.10. The first-order valence-corrected chi connectivity index (χ1v) is 6.58. The second-order valence-electron chi connectivity index (χ2n) is 3.94. The van der Waals surface area contributed by atoms with Crippen molar-refractivity contribution < 1.29 is 4.79 Å². The topological polar surface area (TPSA) is 77.8 Å². The van der Waals surface area contributed by atoms with Gasteiger partial charge in [0.1, 0.15) is 11.9 Å². The van der Waals surface area contributed by atoms with Gasteiger partial charge in [-0.05, 0) is 30.3 Å². The van der Waals surface area contributed by atoms with Crippen LogP contribution in [0.5, 0.6) is 0 Å². The first-order valence-electron chi connectivity index (χ1n) is 5.79. The Morgan fingerprint density at radius 2 is 2.15 bits per heavy atom. The lowest BCUT2D eigenvalue weighted by Gasteiger charge is -2.07. The second-order valence-corrected chi connectivity index (χ2v) is 4.85. The Hall–Kier alpha value is -2.39. The van der Waals surface area contributed by atoms with Crippen LogP contribution in [0.1, 0.15) is 15.9 Å². The van der Waals surface area contributed by atoms with E-state index < -0.39 is 0 Å². The standard InChI is InChI=1S/C14H11BrN4O/c1-17-13-5-2-9(8-18-13)14(20)19-12-4-3-11(15)6-10(12)7-16/h2-6,8H,1H3,(H,17,18)(H,19,20). The van der Waals surface area contributed by atoms with E-state index in [-0.39, 0.29) is 5.91 Å². The maximum absolute atomic E-state index is 12.1. The fraction of sp³-hybridized carbons (Fsp3) is 0.0714. The summed E-state index contributed by atoms with van der Waals surface area (Å²) in [5, 5.41) is 14.6. The van der Waals surface area contributed by atoms with Crippen molar-refractivity contribution in [3.8, 4) is 6.07 Å². The molecule has 0 saturated heterocycles. The number of rotatable bonds is 3. The molecule has 1 aromatic carbocycles. The maximum atomic E-state index is 12.1. The molecule has 0 unspecified atom stereocenters. The highest BCUT2D eigenvalue weighted by atomic mass is 79.9. The number of aromatic nitrogens is 1. The van der Waals surface area contributed by atoms with Crippen LogP contribution in [0.3, 0.4) is 0 Å². The Morgan fingerprint density at radius 1 is 1.35 bits per heavy atom. The Labute approximate surface area is 124 Å². The van der Waals surface area contributed by atoms with Gasteiger partial charge in [-0.1, -0.05) is 15.9 Å². The van der Waals surface area contributed by atoms with Gasteiger partial charge < -0.3 is 10.6 Å². The molecule has 1 amide bonds. The number of halogens is 1. The molecule has 1 heterocycles. The predicted octanol–water partition coefficient (Wildman–Crippen LogP) is 3.01. The number of hydrogen-bond acceptors (Lipinski definition) is 4. The molecule has 2 N–H and O–H groups in total. The van der Waals surface area contributed by atoms with Crippen molar-refractivity contribution in [2.45, 2.75) is 0 Å². The van der Waals surface area contributed by atoms with Gasteiger partial charge in [0.2, 0.25) is 0 Å². The Kier molecular flexibility index (Phi) is 4.33. The fourth-order valence-corrected chi connectivity index (χ4v) is 1.95. The summed E-state index contributed by atoms with van der Waals surface area (Å²) >= 11 is 3.28. The van der Waals surface area contributed by atoms with Gasteiger partial charge in [0.15, 0.2) is 0 Å². The molecular formula is C14H11BrN4O. The highest BCUT2D eigenvalue weighted by Crippen LogP contribution is 2.21. The third kappa shape index (κ3) is 3.13. The molecule has 0 aliphatic heterocycles. The largest absolute Gasteiger partial charge is 0.373 e. The lowest BCUT2D eigenvalue weighted by atomic mass is 10.2. The zero-order valence-electron chi connectivity index (χ0n) is 10.6. The Bertz CT molecular complexity index is 677.